The van der Waals surface area contributed by atoms with Crippen LogP contribution in [0.2, 0.25) is 5.02 Å². The highest BCUT2D eigenvalue weighted by molar-refractivity contribution is 6.30. The molecule has 3 rings (SSSR count). The van der Waals surface area contributed by atoms with Crippen LogP contribution in [0, 0.1) is 6.92 Å². The zero-order valence-corrected chi connectivity index (χ0v) is 14.2. The fourth-order valence-electron chi connectivity index (χ4n) is 2.80. The van der Waals surface area contributed by atoms with E-state index in [0.29, 0.717) is 21.7 Å². The fraction of sp³-hybridized carbons (Fsp3) is 0.158. The van der Waals surface area contributed by atoms with Crippen LogP contribution in [-0.2, 0) is 6.54 Å². The van der Waals surface area contributed by atoms with Crippen LogP contribution in [0.5, 0.6) is 0 Å². The van der Waals surface area contributed by atoms with Crippen molar-refractivity contribution < 1.29 is 4.79 Å². The van der Waals surface area contributed by atoms with E-state index in [0.717, 1.165) is 17.8 Å². The van der Waals surface area contributed by atoms with Gasteiger partial charge in [-0.05, 0) is 56.3 Å². The van der Waals surface area contributed by atoms with E-state index in [1.54, 1.807) is 42.5 Å². The third-order valence-electron chi connectivity index (χ3n) is 4.00. The number of carbonyl (C=O) groups is 1. The summed E-state index contributed by atoms with van der Waals surface area (Å²) >= 11 is 5.84. The summed E-state index contributed by atoms with van der Waals surface area (Å²) < 4.78 is 2.05. The Labute approximate surface area is 144 Å². The van der Waals surface area contributed by atoms with Gasteiger partial charge in [0, 0.05) is 40.0 Å². The van der Waals surface area contributed by atoms with Gasteiger partial charge in [0.15, 0.2) is 5.43 Å². The molecule has 4 nitrogen and oxygen atoms in total. The minimum atomic E-state index is -0.262. The van der Waals surface area contributed by atoms with Crippen molar-refractivity contribution in [2.24, 2.45) is 0 Å². The lowest BCUT2D eigenvalue weighted by molar-refractivity contribution is 0.102. The molecule has 0 saturated heterocycles. The first-order chi connectivity index (χ1) is 11.5. The molecule has 1 N–H and O–H groups in total. The average Bonchev–Trinajstić information content (AvgIpc) is 2.57. The molecule has 0 bridgehead atoms. The van der Waals surface area contributed by atoms with Gasteiger partial charge >= 0.3 is 0 Å². The molecule has 0 unspecified atom stereocenters. The number of nitrogens with one attached hydrogen (secondary N) is 1. The number of benzene rings is 2. The van der Waals surface area contributed by atoms with Crippen molar-refractivity contribution in [1.29, 1.82) is 0 Å². The maximum atomic E-state index is 12.4. The molecule has 0 saturated carbocycles. The molecule has 3 aromatic rings. The second-order valence-corrected chi connectivity index (χ2v) is 6.02. The fourth-order valence-corrected chi connectivity index (χ4v) is 2.93. The van der Waals surface area contributed by atoms with E-state index in [-0.39, 0.29) is 11.3 Å². The third-order valence-corrected chi connectivity index (χ3v) is 4.25. The molecule has 1 heterocycles. The van der Waals surface area contributed by atoms with Crippen LogP contribution in [0.4, 0.5) is 5.69 Å². The van der Waals surface area contributed by atoms with Crippen LogP contribution in [0.1, 0.15) is 23.0 Å². The number of hydrogen-bond donors (Lipinski definition) is 1. The Kier molecular flexibility index (Phi) is 4.40. The predicted molar refractivity (Wildman–Crippen MR) is 98.0 cm³/mol. The van der Waals surface area contributed by atoms with E-state index >= 15 is 0 Å². The van der Waals surface area contributed by atoms with Gasteiger partial charge in [-0.25, -0.2) is 0 Å². The first-order valence-corrected chi connectivity index (χ1v) is 8.08. The van der Waals surface area contributed by atoms with Gasteiger partial charge in [-0.15, -0.1) is 0 Å². The van der Waals surface area contributed by atoms with Crippen LogP contribution in [0.25, 0.3) is 10.9 Å². The lowest BCUT2D eigenvalue weighted by atomic mass is 10.1. The summed E-state index contributed by atoms with van der Waals surface area (Å²) in [7, 11) is 0. The topological polar surface area (TPSA) is 51.1 Å². The quantitative estimate of drug-likeness (QED) is 0.775. The van der Waals surface area contributed by atoms with Gasteiger partial charge in [0.25, 0.3) is 5.91 Å². The van der Waals surface area contributed by atoms with Crippen molar-refractivity contribution in [3.8, 4) is 0 Å². The molecule has 122 valence electrons. The number of rotatable bonds is 3. The first-order valence-electron chi connectivity index (χ1n) is 7.70. The first kappa shape index (κ1) is 16.3. The van der Waals surface area contributed by atoms with E-state index in [1.165, 1.54) is 0 Å². The second-order valence-electron chi connectivity index (χ2n) is 5.59. The summed E-state index contributed by atoms with van der Waals surface area (Å²) in [6, 6.07) is 13.7. The van der Waals surface area contributed by atoms with Crippen LogP contribution in [0.3, 0.4) is 0 Å². The van der Waals surface area contributed by atoms with Crippen LogP contribution < -0.4 is 10.7 Å². The molecule has 0 aliphatic carbocycles. The summed E-state index contributed by atoms with van der Waals surface area (Å²) in [6.07, 6.45) is 0. The van der Waals surface area contributed by atoms with Crippen LogP contribution >= 0.6 is 11.6 Å². The number of pyridine rings is 1. The number of anilines is 1. The molecule has 0 atom stereocenters. The van der Waals surface area contributed by atoms with Gasteiger partial charge in [-0.2, -0.15) is 0 Å². The molecular formula is C19H17ClN2O2. The van der Waals surface area contributed by atoms with E-state index in [4.69, 9.17) is 11.6 Å². The van der Waals surface area contributed by atoms with E-state index in [2.05, 4.69) is 9.88 Å². The van der Waals surface area contributed by atoms with Gasteiger partial charge in [0.2, 0.25) is 0 Å². The van der Waals surface area contributed by atoms with Crippen LogP contribution in [-0.4, -0.2) is 10.5 Å². The van der Waals surface area contributed by atoms with Crippen molar-refractivity contribution in [2.45, 2.75) is 20.4 Å². The minimum absolute atomic E-state index is 0.0756. The molecule has 2 aromatic carbocycles. The number of carbonyl (C=O) groups excluding carboxylic acids is 1. The predicted octanol–water partition coefficient (Wildman–Crippen LogP) is 4.24. The molecule has 5 heteroatoms. The number of nitrogens with zero attached hydrogens (tertiary/aromatic N) is 1. The normalized spacial score (nSPS) is 10.8. The zero-order valence-electron chi connectivity index (χ0n) is 13.5. The summed E-state index contributed by atoms with van der Waals surface area (Å²) in [5, 5.41) is 3.96. The van der Waals surface area contributed by atoms with Gasteiger partial charge in [0.1, 0.15) is 0 Å². The van der Waals surface area contributed by atoms with Gasteiger partial charge in [0.05, 0.1) is 5.52 Å². The smallest absolute Gasteiger partial charge is 0.255 e. The molecule has 1 aromatic heterocycles. The number of amides is 1. The maximum absolute atomic E-state index is 12.4. The van der Waals surface area contributed by atoms with Crippen molar-refractivity contribution in [3.63, 3.8) is 0 Å². The van der Waals surface area contributed by atoms with Gasteiger partial charge in [-0.3, -0.25) is 9.59 Å². The molecule has 0 aliphatic rings. The molecule has 0 spiro atoms. The summed E-state index contributed by atoms with van der Waals surface area (Å²) in [6.45, 7) is 4.70. The molecule has 0 fully saturated rings. The highest BCUT2D eigenvalue weighted by atomic mass is 35.5. The van der Waals surface area contributed by atoms with E-state index in [1.807, 2.05) is 19.9 Å². The van der Waals surface area contributed by atoms with Gasteiger partial charge in [-0.1, -0.05) is 11.6 Å². The Balaban J connectivity index is 2.00. The van der Waals surface area contributed by atoms with Crippen molar-refractivity contribution >= 4 is 34.1 Å². The number of halogens is 1. The highest BCUT2D eigenvalue weighted by Gasteiger charge is 2.11. The molecule has 0 radical (unpaired) electrons. The number of hydrogen-bond acceptors (Lipinski definition) is 2. The van der Waals surface area contributed by atoms with Crippen molar-refractivity contribution in [1.82, 2.24) is 4.57 Å². The van der Waals surface area contributed by atoms with E-state index in [9.17, 15) is 9.59 Å². The molecule has 1 amide bonds. The highest BCUT2D eigenvalue weighted by Crippen LogP contribution is 2.18. The second kappa shape index (κ2) is 6.49. The Hall–Kier alpha value is -2.59. The molecular weight excluding hydrogens is 324 g/mol. The lowest BCUT2D eigenvalue weighted by Gasteiger charge is -2.13. The standard InChI is InChI=1S/C19H17ClN2O2/c1-3-22-12(2)10-18(23)16-11-13(4-9-17(16)22)19(24)21-15-7-5-14(20)6-8-15/h4-11H,3H2,1-2H3,(H,21,24). The van der Waals surface area contributed by atoms with Crippen LogP contribution in [0.15, 0.2) is 53.3 Å². The Bertz CT molecular complexity index is 975. The lowest BCUT2D eigenvalue weighted by Crippen LogP contribution is -2.15. The van der Waals surface area contributed by atoms with Crippen molar-refractivity contribution in [2.75, 3.05) is 5.32 Å². The SMILES string of the molecule is CCn1c(C)cc(=O)c2cc(C(=O)Nc3ccc(Cl)cc3)ccc21. The van der Waals surface area contributed by atoms with E-state index < -0.39 is 0 Å². The molecule has 24 heavy (non-hydrogen) atoms. The Morgan fingerprint density at radius 2 is 1.83 bits per heavy atom. The average molecular weight is 341 g/mol. The number of aryl methyl sites for hydroxylation is 2. The summed E-state index contributed by atoms with van der Waals surface area (Å²) in [5.41, 5.74) is 2.77. The Morgan fingerprint density at radius 3 is 2.50 bits per heavy atom. The number of fused-ring (bicyclic) bond motifs is 1. The maximum Gasteiger partial charge on any atom is 0.255 e. The Morgan fingerprint density at radius 1 is 1.12 bits per heavy atom. The van der Waals surface area contributed by atoms with Gasteiger partial charge < -0.3 is 9.88 Å². The largest absolute Gasteiger partial charge is 0.345 e. The number of aromatic nitrogens is 1. The summed E-state index contributed by atoms with van der Waals surface area (Å²) in [4.78, 5) is 24.7. The minimum Gasteiger partial charge on any atom is -0.345 e. The summed E-state index contributed by atoms with van der Waals surface area (Å²) in [5.74, 6) is -0.262. The monoisotopic (exact) mass is 340 g/mol. The zero-order chi connectivity index (χ0) is 17.3. The third kappa shape index (κ3) is 3.05. The molecule has 0 aliphatic heterocycles. The van der Waals surface area contributed by atoms with Crippen molar-refractivity contribution in [3.05, 3.63) is 75.0 Å².